The van der Waals surface area contributed by atoms with Gasteiger partial charge in [-0.05, 0) is 36.2 Å². The second kappa shape index (κ2) is 5.52. The van der Waals surface area contributed by atoms with Crippen molar-refractivity contribution < 1.29 is 13.9 Å². The molecule has 1 aromatic heterocycles. The summed E-state index contributed by atoms with van der Waals surface area (Å²) in [6, 6.07) is 8.37. The highest BCUT2D eigenvalue weighted by molar-refractivity contribution is 5.88. The first-order valence-corrected chi connectivity index (χ1v) is 6.74. The van der Waals surface area contributed by atoms with Gasteiger partial charge in [0.2, 0.25) is 0 Å². The molecule has 0 radical (unpaired) electrons. The van der Waals surface area contributed by atoms with Gasteiger partial charge in [0.15, 0.2) is 0 Å². The number of carbonyl (C=O) groups excluding carboxylic acids is 1. The maximum Gasteiger partial charge on any atom is 0.339 e. The Morgan fingerprint density at radius 2 is 2.24 bits per heavy atom. The first-order valence-electron chi connectivity index (χ1n) is 6.74. The molecule has 3 rings (SSSR count). The number of esters is 1. The normalized spacial score (nSPS) is 13.1. The molecule has 0 saturated carbocycles. The maximum atomic E-state index is 13.4. The van der Waals surface area contributed by atoms with Gasteiger partial charge in [-0.1, -0.05) is 6.07 Å². The highest BCUT2D eigenvalue weighted by Gasteiger charge is 2.20. The number of nitrogens with zero attached hydrogens (tertiary/aromatic N) is 2. The van der Waals surface area contributed by atoms with Crippen LogP contribution in [0.2, 0.25) is 0 Å². The van der Waals surface area contributed by atoms with Gasteiger partial charge in [0.05, 0.1) is 24.9 Å². The zero-order valence-electron chi connectivity index (χ0n) is 11.7. The van der Waals surface area contributed by atoms with Gasteiger partial charge < -0.3 is 9.64 Å². The van der Waals surface area contributed by atoms with Gasteiger partial charge in [-0.2, -0.15) is 0 Å². The van der Waals surface area contributed by atoms with Gasteiger partial charge in [0.1, 0.15) is 5.82 Å². The summed E-state index contributed by atoms with van der Waals surface area (Å²) in [7, 11) is 1.34. The Morgan fingerprint density at radius 3 is 2.95 bits per heavy atom. The number of pyridine rings is 1. The van der Waals surface area contributed by atoms with Gasteiger partial charge in [-0.15, -0.1) is 0 Å². The third-order valence-corrected chi connectivity index (χ3v) is 3.64. The molecule has 0 aliphatic carbocycles. The molecule has 4 nitrogen and oxygen atoms in total. The van der Waals surface area contributed by atoms with Gasteiger partial charge in [0, 0.05) is 18.4 Å². The largest absolute Gasteiger partial charge is 0.465 e. The van der Waals surface area contributed by atoms with Crippen LogP contribution in [0, 0.1) is 5.82 Å². The molecule has 0 N–H and O–H groups in total. The predicted molar refractivity (Wildman–Crippen MR) is 76.7 cm³/mol. The van der Waals surface area contributed by atoms with Crippen molar-refractivity contribution in [2.45, 2.75) is 13.0 Å². The fourth-order valence-electron chi connectivity index (χ4n) is 2.54. The Kier molecular flexibility index (Phi) is 3.56. The van der Waals surface area contributed by atoms with Crippen molar-refractivity contribution in [3.63, 3.8) is 0 Å². The van der Waals surface area contributed by atoms with E-state index in [1.54, 1.807) is 18.2 Å². The SMILES string of the molecule is COC(=O)c1ccc(CN2CCc3ccc(F)cc32)nc1. The number of rotatable bonds is 3. The van der Waals surface area contributed by atoms with Crippen molar-refractivity contribution in [1.29, 1.82) is 0 Å². The average molecular weight is 286 g/mol. The first kappa shape index (κ1) is 13.5. The van der Waals surface area contributed by atoms with Crippen LogP contribution in [0.4, 0.5) is 10.1 Å². The smallest absolute Gasteiger partial charge is 0.339 e. The Bertz CT molecular complexity index is 670. The molecule has 0 amide bonds. The molecule has 0 spiro atoms. The lowest BCUT2D eigenvalue weighted by Gasteiger charge is -2.19. The minimum atomic E-state index is -0.400. The topological polar surface area (TPSA) is 42.4 Å². The number of halogens is 1. The fraction of sp³-hybridized carbons (Fsp3) is 0.250. The maximum absolute atomic E-state index is 13.4. The Balaban J connectivity index is 1.77. The molecule has 0 saturated heterocycles. The number of ether oxygens (including phenoxy) is 1. The van der Waals surface area contributed by atoms with Crippen LogP contribution in [0.3, 0.4) is 0 Å². The van der Waals surface area contributed by atoms with E-state index in [-0.39, 0.29) is 5.82 Å². The molecule has 108 valence electrons. The summed E-state index contributed by atoms with van der Waals surface area (Å²) in [6.45, 7) is 1.44. The van der Waals surface area contributed by atoms with Crippen LogP contribution in [0.5, 0.6) is 0 Å². The van der Waals surface area contributed by atoms with E-state index in [0.29, 0.717) is 12.1 Å². The summed E-state index contributed by atoms with van der Waals surface area (Å²) in [6.07, 6.45) is 2.42. The minimum absolute atomic E-state index is 0.227. The summed E-state index contributed by atoms with van der Waals surface area (Å²) in [5.74, 6) is -0.628. The van der Waals surface area contributed by atoms with E-state index in [0.717, 1.165) is 29.9 Å². The van der Waals surface area contributed by atoms with Crippen molar-refractivity contribution in [3.05, 3.63) is 59.2 Å². The van der Waals surface area contributed by atoms with E-state index in [9.17, 15) is 9.18 Å². The molecule has 0 atom stereocenters. The zero-order valence-corrected chi connectivity index (χ0v) is 11.7. The Labute approximate surface area is 122 Å². The van der Waals surface area contributed by atoms with Gasteiger partial charge in [0.25, 0.3) is 0 Å². The highest BCUT2D eigenvalue weighted by Crippen LogP contribution is 2.29. The van der Waals surface area contributed by atoms with Crippen LogP contribution >= 0.6 is 0 Å². The van der Waals surface area contributed by atoms with Gasteiger partial charge in [-0.3, -0.25) is 4.98 Å². The third-order valence-electron chi connectivity index (χ3n) is 3.64. The second-order valence-electron chi connectivity index (χ2n) is 4.97. The zero-order chi connectivity index (χ0) is 14.8. The molecule has 1 aliphatic heterocycles. The number of aromatic nitrogens is 1. The molecule has 1 aliphatic rings. The van der Waals surface area contributed by atoms with E-state index in [2.05, 4.69) is 14.6 Å². The van der Waals surface area contributed by atoms with Crippen molar-refractivity contribution >= 4 is 11.7 Å². The molecule has 2 aromatic rings. The number of carbonyl (C=O) groups is 1. The molecule has 1 aromatic carbocycles. The summed E-state index contributed by atoms with van der Waals surface area (Å²) >= 11 is 0. The molecular weight excluding hydrogens is 271 g/mol. The summed E-state index contributed by atoms with van der Waals surface area (Å²) in [4.78, 5) is 17.7. The monoisotopic (exact) mass is 286 g/mol. The highest BCUT2D eigenvalue weighted by atomic mass is 19.1. The van der Waals surface area contributed by atoms with Crippen molar-refractivity contribution in [2.75, 3.05) is 18.6 Å². The number of hydrogen-bond donors (Lipinski definition) is 0. The molecule has 0 fully saturated rings. The van der Waals surface area contributed by atoms with Crippen LogP contribution in [-0.4, -0.2) is 24.6 Å². The van der Waals surface area contributed by atoms with Gasteiger partial charge in [-0.25, -0.2) is 9.18 Å². The molecular formula is C16H15FN2O2. The van der Waals surface area contributed by atoms with E-state index < -0.39 is 5.97 Å². The lowest BCUT2D eigenvalue weighted by Crippen LogP contribution is -2.20. The number of methoxy groups -OCH3 is 1. The molecule has 0 unspecified atom stereocenters. The number of anilines is 1. The number of benzene rings is 1. The number of fused-ring (bicyclic) bond motifs is 1. The van der Waals surface area contributed by atoms with Crippen molar-refractivity contribution in [3.8, 4) is 0 Å². The summed E-state index contributed by atoms with van der Waals surface area (Å²) < 4.78 is 18.0. The molecule has 2 heterocycles. The predicted octanol–water partition coefficient (Wildman–Crippen LogP) is 2.57. The number of hydrogen-bond acceptors (Lipinski definition) is 4. The Hall–Kier alpha value is -2.43. The summed E-state index contributed by atoms with van der Waals surface area (Å²) in [5.41, 5.74) is 3.34. The minimum Gasteiger partial charge on any atom is -0.465 e. The van der Waals surface area contributed by atoms with Gasteiger partial charge >= 0.3 is 5.97 Å². The third kappa shape index (κ3) is 2.72. The van der Waals surface area contributed by atoms with E-state index in [1.807, 2.05) is 6.07 Å². The standard InChI is InChI=1S/C16H15FN2O2/c1-21-16(20)12-3-5-14(18-9-12)10-19-7-6-11-2-4-13(17)8-15(11)19/h2-5,8-9H,6-7,10H2,1H3. The Morgan fingerprint density at radius 1 is 1.38 bits per heavy atom. The van der Waals surface area contributed by atoms with Crippen LogP contribution in [-0.2, 0) is 17.7 Å². The van der Waals surface area contributed by atoms with Crippen LogP contribution in [0.15, 0.2) is 36.5 Å². The molecule has 0 bridgehead atoms. The first-order chi connectivity index (χ1) is 10.2. The van der Waals surface area contributed by atoms with Crippen LogP contribution in [0.1, 0.15) is 21.6 Å². The van der Waals surface area contributed by atoms with Crippen LogP contribution in [0.25, 0.3) is 0 Å². The second-order valence-corrected chi connectivity index (χ2v) is 4.97. The quantitative estimate of drug-likeness (QED) is 0.813. The average Bonchev–Trinajstić information content (AvgIpc) is 2.89. The lowest BCUT2D eigenvalue weighted by atomic mass is 10.1. The van der Waals surface area contributed by atoms with Crippen molar-refractivity contribution in [1.82, 2.24) is 4.98 Å². The van der Waals surface area contributed by atoms with E-state index >= 15 is 0 Å². The van der Waals surface area contributed by atoms with Crippen LogP contribution < -0.4 is 4.90 Å². The summed E-state index contributed by atoms with van der Waals surface area (Å²) in [5, 5.41) is 0. The molecule has 21 heavy (non-hydrogen) atoms. The van der Waals surface area contributed by atoms with Crippen molar-refractivity contribution in [2.24, 2.45) is 0 Å². The lowest BCUT2D eigenvalue weighted by molar-refractivity contribution is 0.0600. The van der Waals surface area contributed by atoms with E-state index in [1.165, 1.54) is 19.4 Å². The fourth-order valence-corrected chi connectivity index (χ4v) is 2.54. The van der Waals surface area contributed by atoms with E-state index in [4.69, 9.17) is 0 Å². The molecule has 5 heteroatoms.